The summed E-state index contributed by atoms with van der Waals surface area (Å²) in [6, 6.07) is -0.162. The quantitative estimate of drug-likeness (QED) is 0.641. The van der Waals surface area contributed by atoms with Crippen LogP contribution in [0.3, 0.4) is 0 Å². The summed E-state index contributed by atoms with van der Waals surface area (Å²) >= 11 is 1.04. The zero-order valence-corrected chi connectivity index (χ0v) is 7.06. The molecule has 1 saturated heterocycles. The Morgan fingerprint density at radius 2 is 2.36 bits per heavy atom. The highest BCUT2D eigenvalue weighted by atomic mass is 32.2. The number of rotatable bonds is 2. The minimum atomic E-state index is -0.173. The van der Waals surface area contributed by atoms with Crippen LogP contribution in [0.2, 0.25) is 0 Å². The Morgan fingerprint density at radius 1 is 1.73 bits per heavy atom. The third kappa shape index (κ3) is 1.54. The van der Waals surface area contributed by atoms with Gasteiger partial charge in [-0.25, -0.2) is 0 Å². The Labute approximate surface area is 69.1 Å². The fourth-order valence-corrected chi connectivity index (χ4v) is 1.70. The molecule has 0 unspecified atom stereocenters. The van der Waals surface area contributed by atoms with Gasteiger partial charge in [0.15, 0.2) is 0 Å². The lowest BCUT2D eigenvalue weighted by Crippen LogP contribution is -2.41. The minimum Gasteiger partial charge on any atom is -0.328 e. The molecule has 5 heteroatoms. The van der Waals surface area contributed by atoms with E-state index in [9.17, 15) is 9.59 Å². The van der Waals surface area contributed by atoms with Gasteiger partial charge in [-0.05, 0) is 6.92 Å². The summed E-state index contributed by atoms with van der Waals surface area (Å²) in [6.07, 6.45) is 0. The molecule has 0 bridgehead atoms. The van der Waals surface area contributed by atoms with Gasteiger partial charge in [-0.3, -0.25) is 14.5 Å². The minimum absolute atomic E-state index is 0.127. The molecule has 2 N–H and O–H groups in total. The normalized spacial score (nSPS) is 21.1. The van der Waals surface area contributed by atoms with Crippen LogP contribution in [0.4, 0.5) is 4.79 Å². The second kappa shape index (κ2) is 3.23. The molecule has 0 spiro atoms. The van der Waals surface area contributed by atoms with Crippen LogP contribution in [0, 0.1) is 0 Å². The number of amides is 2. The van der Waals surface area contributed by atoms with E-state index in [2.05, 4.69) is 0 Å². The predicted molar refractivity (Wildman–Crippen MR) is 43.2 cm³/mol. The smallest absolute Gasteiger partial charge is 0.289 e. The maximum Gasteiger partial charge on any atom is 0.289 e. The van der Waals surface area contributed by atoms with Crippen LogP contribution in [0.15, 0.2) is 0 Å². The summed E-state index contributed by atoms with van der Waals surface area (Å²) in [5.41, 5.74) is 5.32. The van der Waals surface area contributed by atoms with E-state index in [4.69, 9.17) is 5.73 Å². The van der Waals surface area contributed by atoms with Crippen LogP contribution >= 0.6 is 11.8 Å². The lowest BCUT2D eigenvalue weighted by atomic mass is 10.3. The average Bonchev–Trinajstić information content (AvgIpc) is 2.30. The van der Waals surface area contributed by atoms with Crippen LogP contribution in [-0.2, 0) is 4.79 Å². The van der Waals surface area contributed by atoms with Crippen molar-refractivity contribution in [3.05, 3.63) is 0 Å². The molecule has 62 valence electrons. The van der Waals surface area contributed by atoms with Crippen molar-refractivity contribution in [2.24, 2.45) is 5.73 Å². The van der Waals surface area contributed by atoms with Gasteiger partial charge in [-0.1, -0.05) is 11.8 Å². The number of hydrogen-bond donors (Lipinski definition) is 1. The van der Waals surface area contributed by atoms with Crippen LogP contribution in [-0.4, -0.2) is 34.4 Å². The van der Waals surface area contributed by atoms with Crippen molar-refractivity contribution < 1.29 is 9.59 Å². The molecular formula is C6H10N2O2S. The van der Waals surface area contributed by atoms with Crippen molar-refractivity contribution in [1.82, 2.24) is 4.90 Å². The number of carbonyl (C=O) groups is 2. The van der Waals surface area contributed by atoms with Gasteiger partial charge in [-0.2, -0.15) is 0 Å². The van der Waals surface area contributed by atoms with E-state index in [1.807, 2.05) is 0 Å². The van der Waals surface area contributed by atoms with Gasteiger partial charge in [0.25, 0.3) is 5.24 Å². The van der Waals surface area contributed by atoms with Crippen LogP contribution in [0.1, 0.15) is 6.92 Å². The number of nitrogens with two attached hydrogens (primary N) is 1. The third-order valence-electron chi connectivity index (χ3n) is 1.57. The molecule has 1 aliphatic rings. The van der Waals surface area contributed by atoms with Gasteiger partial charge in [0.2, 0.25) is 5.91 Å². The largest absolute Gasteiger partial charge is 0.328 e. The maximum absolute atomic E-state index is 11.0. The van der Waals surface area contributed by atoms with Crippen LogP contribution in [0.25, 0.3) is 0 Å². The van der Waals surface area contributed by atoms with E-state index in [-0.39, 0.29) is 22.9 Å². The Kier molecular flexibility index (Phi) is 2.51. The van der Waals surface area contributed by atoms with E-state index in [0.29, 0.717) is 6.54 Å². The number of hydrogen-bond acceptors (Lipinski definition) is 4. The van der Waals surface area contributed by atoms with Crippen LogP contribution < -0.4 is 5.73 Å². The van der Waals surface area contributed by atoms with E-state index in [0.717, 1.165) is 11.8 Å². The lowest BCUT2D eigenvalue weighted by molar-refractivity contribution is -0.125. The van der Waals surface area contributed by atoms with Crippen molar-refractivity contribution in [2.75, 3.05) is 12.3 Å². The van der Waals surface area contributed by atoms with Crippen molar-refractivity contribution >= 4 is 22.9 Å². The molecular weight excluding hydrogens is 164 g/mol. The second-order valence-corrected chi connectivity index (χ2v) is 3.33. The Bertz CT molecular complexity index is 179. The molecule has 0 aromatic carbocycles. The molecule has 1 atom stereocenters. The standard InChI is InChI=1S/C6H10N2O2S/c1-4(2-7)8-5(9)3-11-6(8)10/h4H,2-3,7H2,1H3/t4-/m0/s1. The second-order valence-electron chi connectivity index (χ2n) is 2.40. The monoisotopic (exact) mass is 174 g/mol. The summed E-state index contributed by atoms with van der Waals surface area (Å²) in [4.78, 5) is 23.2. The molecule has 0 aliphatic carbocycles. The fourth-order valence-electron chi connectivity index (χ4n) is 0.896. The van der Waals surface area contributed by atoms with Gasteiger partial charge in [0, 0.05) is 12.6 Å². The van der Waals surface area contributed by atoms with Gasteiger partial charge >= 0.3 is 0 Å². The summed E-state index contributed by atoms with van der Waals surface area (Å²) in [6.45, 7) is 2.10. The number of nitrogens with zero attached hydrogens (tertiary/aromatic N) is 1. The molecule has 2 amide bonds. The molecule has 4 nitrogen and oxygen atoms in total. The van der Waals surface area contributed by atoms with Crippen molar-refractivity contribution in [3.63, 3.8) is 0 Å². The maximum atomic E-state index is 11.0. The first kappa shape index (κ1) is 8.55. The molecule has 11 heavy (non-hydrogen) atoms. The van der Waals surface area contributed by atoms with Gasteiger partial charge < -0.3 is 5.73 Å². The van der Waals surface area contributed by atoms with Gasteiger partial charge in [0.1, 0.15) is 0 Å². The van der Waals surface area contributed by atoms with E-state index in [1.54, 1.807) is 6.92 Å². The first-order chi connectivity index (χ1) is 5.16. The summed E-state index contributed by atoms with van der Waals surface area (Å²) in [5, 5.41) is -0.173. The first-order valence-electron chi connectivity index (χ1n) is 3.35. The molecule has 0 aromatic heterocycles. The van der Waals surface area contributed by atoms with E-state index in [1.165, 1.54) is 4.90 Å². The molecule has 1 aliphatic heterocycles. The first-order valence-corrected chi connectivity index (χ1v) is 4.34. The number of imide groups is 1. The lowest BCUT2D eigenvalue weighted by Gasteiger charge is -2.19. The summed E-state index contributed by atoms with van der Waals surface area (Å²) in [5.74, 6) is 0.140. The average molecular weight is 174 g/mol. The number of thioether (sulfide) groups is 1. The van der Waals surface area contributed by atoms with Gasteiger partial charge in [0.05, 0.1) is 5.75 Å². The summed E-state index contributed by atoms with van der Waals surface area (Å²) in [7, 11) is 0. The molecule has 0 radical (unpaired) electrons. The topological polar surface area (TPSA) is 63.4 Å². The van der Waals surface area contributed by atoms with E-state index < -0.39 is 0 Å². The Morgan fingerprint density at radius 3 is 2.73 bits per heavy atom. The fraction of sp³-hybridized carbons (Fsp3) is 0.667. The van der Waals surface area contributed by atoms with Gasteiger partial charge in [-0.15, -0.1) is 0 Å². The Hall–Kier alpha value is -0.550. The predicted octanol–water partition coefficient (Wildman–Crippen LogP) is 0.0290. The van der Waals surface area contributed by atoms with Crippen molar-refractivity contribution in [1.29, 1.82) is 0 Å². The molecule has 1 rings (SSSR count). The van der Waals surface area contributed by atoms with E-state index >= 15 is 0 Å². The van der Waals surface area contributed by atoms with Crippen LogP contribution in [0.5, 0.6) is 0 Å². The zero-order chi connectivity index (χ0) is 8.43. The molecule has 0 saturated carbocycles. The third-order valence-corrected chi connectivity index (χ3v) is 2.40. The van der Waals surface area contributed by atoms with Crippen molar-refractivity contribution in [3.8, 4) is 0 Å². The zero-order valence-electron chi connectivity index (χ0n) is 6.24. The highest BCUT2D eigenvalue weighted by Crippen LogP contribution is 2.20. The number of carbonyl (C=O) groups excluding carboxylic acids is 2. The van der Waals surface area contributed by atoms with Crippen molar-refractivity contribution in [2.45, 2.75) is 13.0 Å². The highest BCUT2D eigenvalue weighted by Gasteiger charge is 2.32. The molecule has 1 heterocycles. The SMILES string of the molecule is C[C@@H](CN)N1C(=O)CSC1=O. The summed E-state index contributed by atoms with van der Waals surface area (Å²) < 4.78 is 0. The highest BCUT2D eigenvalue weighted by molar-refractivity contribution is 8.14. The Balaban J connectivity index is 2.68. The molecule has 0 aromatic rings. The molecule has 1 fully saturated rings.